The number of benzene rings is 2. The maximum Gasteiger partial charge on any atom is 0.307 e. The van der Waals surface area contributed by atoms with Crippen molar-refractivity contribution in [1.29, 1.82) is 0 Å². The zero-order valence-electron chi connectivity index (χ0n) is 14.0. The van der Waals surface area contributed by atoms with Crippen molar-refractivity contribution in [2.45, 2.75) is 25.3 Å². The highest BCUT2D eigenvalue weighted by Crippen LogP contribution is 2.24. The maximum absolute atomic E-state index is 12.4. The Labute approximate surface area is 147 Å². The van der Waals surface area contributed by atoms with Gasteiger partial charge in [-0.25, -0.2) is 0 Å². The summed E-state index contributed by atoms with van der Waals surface area (Å²) in [6.45, 7) is 1.58. The predicted molar refractivity (Wildman–Crippen MR) is 96.9 cm³/mol. The first-order valence-corrected chi connectivity index (χ1v) is 8.54. The molecule has 2 aromatic rings. The fourth-order valence-electron chi connectivity index (χ4n) is 3.32. The summed E-state index contributed by atoms with van der Waals surface area (Å²) in [5, 5.41) is 11.9. The SMILES string of the molecule is O=C(O)Cc1cccc(C(=O)NCC2CCCN2c2ccccc2)c1. The Hall–Kier alpha value is -2.82. The van der Waals surface area contributed by atoms with Crippen molar-refractivity contribution < 1.29 is 14.7 Å². The molecule has 130 valence electrons. The molecule has 0 aromatic heterocycles. The topological polar surface area (TPSA) is 69.6 Å². The standard InChI is InChI=1S/C20H22N2O3/c23-19(24)13-15-6-4-7-16(12-15)20(25)21-14-18-10-5-11-22(18)17-8-2-1-3-9-17/h1-4,6-9,12,18H,5,10-11,13-14H2,(H,21,25)(H,23,24). The maximum atomic E-state index is 12.4. The van der Waals surface area contributed by atoms with Gasteiger partial charge >= 0.3 is 5.97 Å². The number of rotatable bonds is 6. The Morgan fingerprint density at radius 2 is 1.92 bits per heavy atom. The molecule has 1 heterocycles. The van der Waals surface area contributed by atoms with E-state index < -0.39 is 5.97 Å². The molecule has 1 saturated heterocycles. The molecule has 0 saturated carbocycles. The second-order valence-electron chi connectivity index (χ2n) is 6.31. The third kappa shape index (κ3) is 4.38. The van der Waals surface area contributed by atoms with Crippen LogP contribution in [0, 0.1) is 0 Å². The lowest BCUT2D eigenvalue weighted by molar-refractivity contribution is -0.136. The summed E-state index contributed by atoms with van der Waals surface area (Å²) < 4.78 is 0. The van der Waals surface area contributed by atoms with Gasteiger partial charge in [0, 0.05) is 30.4 Å². The number of aliphatic carboxylic acids is 1. The van der Waals surface area contributed by atoms with E-state index in [1.807, 2.05) is 18.2 Å². The molecular formula is C20H22N2O3. The number of anilines is 1. The minimum Gasteiger partial charge on any atom is -0.481 e. The van der Waals surface area contributed by atoms with E-state index in [4.69, 9.17) is 5.11 Å². The molecule has 0 spiro atoms. The van der Waals surface area contributed by atoms with E-state index in [9.17, 15) is 9.59 Å². The molecule has 1 aliphatic heterocycles. The summed E-state index contributed by atoms with van der Waals surface area (Å²) in [5.74, 6) is -1.06. The Balaban J connectivity index is 1.61. The number of carbonyl (C=O) groups is 2. The molecule has 0 aliphatic carbocycles. The van der Waals surface area contributed by atoms with Gasteiger partial charge in [0.15, 0.2) is 0 Å². The average Bonchev–Trinajstić information content (AvgIpc) is 3.08. The number of hydrogen-bond donors (Lipinski definition) is 2. The summed E-state index contributed by atoms with van der Waals surface area (Å²) in [6, 6.07) is 17.3. The lowest BCUT2D eigenvalue weighted by atomic mass is 10.1. The Morgan fingerprint density at radius 1 is 1.12 bits per heavy atom. The molecule has 1 unspecified atom stereocenters. The summed E-state index contributed by atoms with van der Waals surface area (Å²) >= 11 is 0. The number of nitrogens with zero attached hydrogens (tertiary/aromatic N) is 1. The lowest BCUT2D eigenvalue weighted by Gasteiger charge is -2.27. The van der Waals surface area contributed by atoms with E-state index in [1.54, 1.807) is 24.3 Å². The summed E-state index contributed by atoms with van der Waals surface area (Å²) in [6.07, 6.45) is 2.09. The summed E-state index contributed by atoms with van der Waals surface area (Å²) in [4.78, 5) is 25.6. The number of hydrogen-bond acceptors (Lipinski definition) is 3. The van der Waals surface area contributed by atoms with E-state index in [0.29, 0.717) is 17.7 Å². The van der Waals surface area contributed by atoms with E-state index >= 15 is 0 Å². The number of carboxylic acids is 1. The van der Waals surface area contributed by atoms with Crippen LogP contribution in [0.3, 0.4) is 0 Å². The molecule has 3 rings (SSSR count). The van der Waals surface area contributed by atoms with Crippen LogP contribution in [0.1, 0.15) is 28.8 Å². The number of carbonyl (C=O) groups excluding carboxylic acids is 1. The molecule has 1 amide bonds. The van der Waals surface area contributed by atoms with Gasteiger partial charge in [0.1, 0.15) is 0 Å². The van der Waals surface area contributed by atoms with Gasteiger partial charge in [-0.05, 0) is 42.7 Å². The van der Waals surface area contributed by atoms with Crippen molar-refractivity contribution in [3.63, 3.8) is 0 Å². The van der Waals surface area contributed by atoms with Crippen LogP contribution in [0.4, 0.5) is 5.69 Å². The third-order valence-corrected chi connectivity index (χ3v) is 4.51. The summed E-state index contributed by atoms with van der Waals surface area (Å²) in [5.41, 5.74) is 2.32. The van der Waals surface area contributed by atoms with Gasteiger partial charge in [0.25, 0.3) is 5.91 Å². The van der Waals surface area contributed by atoms with Crippen molar-refractivity contribution in [3.8, 4) is 0 Å². The van der Waals surface area contributed by atoms with Crippen LogP contribution in [-0.2, 0) is 11.2 Å². The molecule has 25 heavy (non-hydrogen) atoms. The first kappa shape index (κ1) is 17.0. The minimum atomic E-state index is -0.901. The highest BCUT2D eigenvalue weighted by Gasteiger charge is 2.25. The smallest absolute Gasteiger partial charge is 0.307 e. The molecule has 5 heteroatoms. The Kier molecular flexibility index (Phi) is 5.33. The normalized spacial score (nSPS) is 16.6. The van der Waals surface area contributed by atoms with Gasteiger partial charge in [-0.2, -0.15) is 0 Å². The zero-order valence-corrected chi connectivity index (χ0v) is 14.0. The van der Waals surface area contributed by atoms with Crippen LogP contribution in [0.5, 0.6) is 0 Å². The monoisotopic (exact) mass is 338 g/mol. The van der Waals surface area contributed by atoms with Gasteiger partial charge in [-0.15, -0.1) is 0 Å². The van der Waals surface area contributed by atoms with E-state index in [1.165, 1.54) is 5.69 Å². The molecule has 1 aliphatic rings. The second kappa shape index (κ2) is 7.83. The van der Waals surface area contributed by atoms with Crippen LogP contribution in [0.15, 0.2) is 54.6 Å². The van der Waals surface area contributed by atoms with E-state index in [0.717, 1.165) is 19.4 Å². The van der Waals surface area contributed by atoms with Crippen molar-refractivity contribution in [1.82, 2.24) is 5.32 Å². The molecule has 0 bridgehead atoms. The molecule has 1 fully saturated rings. The Bertz CT molecular complexity index is 746. The number of amides is 1. The lowest BCUT2D eigenvalue weighted by Crippen LogP contribution is -2.40. The van der Waals surface area contributed by atoms with Crippen LogP contribution >= 0.6 is 0 Å². The molecule has 2 aromatic carbocycles. The predicted octanol–water partition coefficient (Wildman–Crippen LogP) is 2.71. The molecule has 2 N–H and O–H groups in total. The quantitative estimate of drug-likeness (QED) is 0.850. The van der Waals surface area contributed by atoms with Crippen LogP contribution in [0.25, 0.3) is 0 Å². The van der Waals surface area contributed by atoms with Gasteiger partial charge in [0.2, 0.25) is 0 Å². The van der Waals surface area contributed by atoms with Gasteiger partial charge < -0.3 is 15.3 Å². The Morgan fingerprint density at radius 3 is 2.68 bits per heavy atom. The van der Waals surface area contributed by atoms with E-state index in [2.05, 4.69) is 22.3 Å². The largest absolute Gasteiger partial charge is 0.481 e. The fourth-order valence-corrected chi connectivity index (χ4v) is 3.32. The number of para-hydroxylation sites is 1. The van der Waals surface area contributed by atoms with Crippen molar-refractivity contribution >= 4 is 17.6 Å². The average molecular weight is 338 g/mol. The highest BCUT2D eigenvalue weighted by molar-refractivity contribution is 5.94. The summed E-state index contributed by atoms with van der Waals surface area (Å²) in [7, 11) is 0. The second-order valence-corrected chi connectivity index (χ2v) is 6.31. The van der Waals surface area contributed by atoms with Gasteiger partial charge in [0.05, 0.1) is 6.42 Å². The molecule has 0 radical (unpaired) electrons. The van der Waals surface area contributed by atoms with Gasteiger partial charge in [-0.1, -0.05) is 30.3 Å². The van der Waals surface area contributed by atoms with Crippen molar-refractivity contribution in [2.24, 2.45) is 0 Å². The first-order valence-electron chi connectivity index (χ1n) is 8.54. The van der Waals surface area contributed by atoms with Crippen LogP contribution in [-0.4, -0.2) is 36.1 Å². The highest BCUT2D eigenvalue weighted by atomic mass is 16.4. The molecule has 1 atom stereocenters. The van der Waals surface area contributed by atoms with Crippen molar-refractivity contribution in [3.05, 3.63) is 65.7 Å². The fraction of sp³-hybridized carbons (Fsp3) is 0.300. The van der Waals surface area contributed by atoms with Gasteiger partial charge in [-0.3, -0.25) is 9.59 Å². The molecular weight excluding hydrogens is 316 g/mol. The number of carboxylic acid groups (broad SMARTS) is 1. The van der Waals surface area contributed by atoms with Crippen LogP contribution in [0.2, 0.25) is 0 Å². The van der Waals surface area contributed by atoms with Crippen LogP contribution < -0.4 is 10.2 Å². The molecule has 5 nitrogen and oxygen atoms in total. The first-order chi connectivity index (χ1) is 12.1. The number of nitrogens with one attached hydrogen (secondary N) is 1. The zero-order chi connectivity index (χ0) is 17.6. The minimum absolute atomic E-state index is 0.0778. The van der Waals surface area contributed by atoms with Crippen molar-refractivity contribution in [2.75, 3.05) is 18.0 Å². The third-order valence-electron chi connectivity index (χ3n) is 4.51. The van der Waals surface area contributed by atoms with E-state index in [-0.39, 0.29) is 18.4 Å².